The normalized spacial score (nSPS) is 12.7. The SMILES string of the molecule is Cc1cccc([I+]c2ccccc2OS(=O)(=O)C(F)(F)F)c1.O=S(=O)([O-])C(F)(F)F. The van der Waals surface area contributed by atoms with Crippen molar-refractivity contribution >= 4 is 20.2 Å². The highest BCUT2D eigenvalue weighted by Gasteiger charge is 2.49. The van der Waals surface area contributed by atoms with Crippen LogP contribution in [0.1, 0.15) is 5.56 Å². The van der Waals surface area contributed by atoms with Crippen LogP contribution in [0.5, 0.6) is 5.75 Å². The third-order valence-electron chi connectivity index (χ3n) is 2.79. The summed E-state index contributed by atoms with van der Waals surface area (Å²) in [6.07, 6.45) is 0. The summed E-state index contributed by atoms with van der Waals surface area (Å²) in [7, 11) is -11.7. The van der Waals surface area contributed by atoms with E-state index >= 15 is 0 Å². The Bertz CT molecular complexity index is 1080. The number of hydrogen-bond donors (Lipinski definition) is 0. The molecule has 0 spiro atoms. The van der Waals surface area contributed by atoms with Gasteiger partial charge in [-0.3, -0.25) is 0 Å². The summed E-state index contributed by atoms with van der Waals surface area (Å²) in [6, 6.07) is 13.4. The molecule has 0 atom stereocenters. The molecule has 30 heavy (non-hydrogen) atoms. The molecule has 0 saturated carbocycles. The van der Waals surface area contributed by atoms with E-state index in [2.05, 4.69) is 4.18 Å². The van der Waals surface area contributed by atoms with E-state index in [1.165, 1.54) is 12.1 Å². The second kappa shape index (κ2) is 9.69. The molecule has 15 heteroatoms. The number of rotatable bonds is 4. The Hall–Kier alpha value is -1.59. The number of alkyl halides is 6. The average molecular weight is 592 g/mol. The first kappa shape index (κ1) is 26.4. The molecule has 0 bridgehead atoms. The summed E-state index contributed by atoms with van der Waals surface area (Å²) in [5.41, 5.74) is -10.1. The Morgan fingerprint density at radius 2 is 1.40 bits per heavy atom. The van der Waals surface area contributed by atoms with E-state index in [0.717, 1.165) is 9.13 Å². The molecule has 168 valence electrons. The van der Waals surface area contributed by atoms with Crippen LogP contribution in [0.15, 0.2) is 48.5 Å². The van der Waals surface area contributed by atoms with Crippen LogP contribution in [0.2, 0.25) is 0 Å². The van der Waals surface area contributed by atoms with E-state index in [0.29, 0.717) is 3.57 Å². The van der Waals surface area contributed by atoms with Crippen LogP contribution in [0.3, 0.4) is 0 Å². The smallest absolute Gasteiger partial charge is 0.534 e. The lowest BCUT2D eigenvalue weighted by molar-refractivity contribution is -0.598. The molecule has 0 heterocycles. The number of para-hydroxylation sites is 1. The Kier molecular flexibility index (Phi) is 8.54. The highest BCUT2D eigenvalue weighted by atomic mass is 127. The lowest BCUT2D eigenvalue weighted by Gasteiger charge is -2.08. The fraction of sp³-hybridized carbons (Fsp3) is 0.200. The molecule has 2 aromatic carbocycles. The maximum absolute atomic E-state index is 12.4. The fourth-order valence-electron chi connectivity index (χ4n) is 1.54. The van der Waals surface area contributed by atoms with E-state index in [1.54, 1.807) is 12.1 Å². The van der Waals surface area contributed by atoms with Crippen molar-refractivity contribution < 1.29 is 73.1 Å². The van der Waals surface area contributed by atoms with Crippen LogP contribution >= 0.6 is 0 Å². The third-order valence-corrected chi connectivity index (χ3v) is 7.09. The van der Waals surface area contributed by atoms with Crippen molar-refractivity contribution in [1.82, 2.24) is 0 Å². The highest BCUT2D eigenvalue weighted by molar-refractivity contribution is 7.88. The van der Waals surface area contributed by atoms with Gasteiger partial charge in [-0.2, -0.15) is 34.8 Å². The lowest BCUT2D eigenvalue weighted by Crippen LogP contribution is -3.61. The van der Waals surface area contributed by atoms with Crippen molar-refractivity contribution in [3.63, 3.8) is 0 Å². The predicted molar refractivity (Wildman–Crippen MR) is 86.4 cm³/mol. The minimum absolute atomic E-state index is 0.269. The predicted octanol–water partition coefficient (Wildman–Crippen LogP) is 0.403. The van der Waals surface area contributed by atoms with Gasteiger partial charge in [0.25, 0.3) is 0 Å². The molecule has 2 rings (SSSR count). The van der Waals surface area contributed by atoms with Crippen molar-refractivity contribution in [2.45, 2.75) is 17.9 Å². The third kappa shape index (κ3) is 7.92. The van der Waals surface area contributed by atoms with Crippen molar-refractivity contribution in [1.29, 1.82) is 0 Å². The summed E-state index contributed by atoms with van der Waals surface area (Å²) in [5, 5.41) is 0. The number of halogens is 7. The maximum atomic E-state index is 12.4. The van der Waals surface area contributed by atoms with Gasteiger partial charge in [0.05, 0.1) is 0 Å². The van der Waals surface area contributed by atoms with E-state index in [-0.39, 0.29) is 5.75 Å². The van der Waals surface area contributed by atoms with Crippen LogP contribution in [-0.2, 0) is 20.2 Å². The molecule has 2 aromatic rings. The van der Waals surface area contributed by atoms with E-state index in [1.807, 2.05) is 31.2 Å². The van der Waals surface area contributed by atoms with Crippen molar-refractivity contribution in [2.75, 3.05) is 0 Å². The van der Waals surface area contributed by atoms with Gasteiger partial charge in [0.15, 0.2) is 19.4 Å². The quantitative estimate of drug-likeness (QED) is 0.168. The molecule has 0 N–H and O–H groups in total. The minimum atomic E-state index is -6.09. The molecule has 0 amide bonds. The summed E-state index contributed by atoms with van der Waals surface area (Å²) in [5.74, 6) is -0.269. The van der Waals surface area contributed by atoms with E-state index < -0.39 is 52.5 Å². The zero-order valence-corrected chi connectivity index (χ0v) is 18.3. The van der Waals surface area contributed by atoms with Gasteiger partial charge in [-0.15, -0.1) is 0 Å². The van der Waals surface area contributed by atoms with Crippen molar-refractivity contribution in [2.24, 2.45) is 0 Å². The Morgan fingerprint density at radius 3 is 1.87 bits per heavy atom. The van der Waals surface area contributed by atoms with Gasteiger partial charge < -0.3 is 8.74 Å². The van der Waals surface area contributed by atoms with Gasteiger partial charge >= 0.3 is 42.3 Å². The molecule has 0 aliphatic carbocycles. The van der Waals surface area contributed by atoms with Crippen molar-refractivity contribution in [3.8, 4) is 5.75 Å². The average Bonchev–Trinajstić information content (AvgIpc) is 2.54. The molecule has 6 nitrogen and oxygen atoms in total. The van der Waals surface area contributed by atoms with Gasteiger partial charge in [0, 0.05) is 0 Å². The van der Waals surface area contributed by atoms with Crippen LogP contribution in [0.25, 0.3) is 0 Å². The van der Waals surface area contributed by atoms with Gasteiger partial charge in [-0.25, -0.2) is 8.42 Å². The van der Waals surface area contributed by atoms with Gasteiger partial charge in [-0.05, 0) is 36.8 Å². The molecule has 0 saturated heterocycles. The number of benzene rings is 2. The second-order valence-electron chi connectivity index (χ2n) is 5.21. The molecule has 0 unspecified atom stereocenters. The van der Waals surface area contributed by atoms with E-state index in [4.69, 9.17) is 13.0 Å². The summed E-state index contributed by atoms with van der Waals surface area (Å²) in [4.78, 5) is 0. The van der Waals surface area contributed by atoms with Crippen LogP contribution in [-0.4, -0.2) is 32.4 Å². The first-order valence-corrected chi connectivity index (χ1v) is 12.2. The molecule has 0 aliphatic rings. The Labute approximate surface area is 178 Å². The zero-order chi connectivity index (χ0) is 23.4. The fourth-order valence-corrected chi connectivity index (χ4v) is 4.81. The summed E-state index contributed by atoms with van der Waals surface area (Å²) < 4.78 is 124. The topological polar surface area (TPSA) is 101 Å². The first-order valence-electron chi connectivity index (χ1n) is 7.27. The Morgan fingerprint density at radius 1 is 0.867 bits per heavy atom. The van der Waals surface area contributed by atoms with Crippen LogP contribution in [0, 0.1) is 14.1 Å². The minimum Gasteiger partial charge on any atom is -0.741 e. The standard InChI is InChI=1S/C14H11F3IO3S.CHF3O3S/c1-10-5-4-6-11(9-10)18-12-7-2-3-8-13(12)21-22(19,20)14(15,16)17;2-1(3,4)8(5,6)7/h2-9H,1H3;(H,5,6,7)/q+1;/p-1. The molecule has 0 radical (unpaired) electrons. The summed E-state index contributed by atoms with van der Waals surface area (Å²) >= 11 is -0.858. The number of aryl methyl sites for hydroxylation is 1. The summed E-state index contributed by atoms with van der Waals surface area (Å²) in [6.45, 7) is 1.91. The van der Waals surface area contributed by atoms with Gasteiger partial charge in [-0.1, -0.05) is 24.3 Å². The zero-order valence-electron chi connectivity index (χ0n) is 14.5. The Balaban J connectivity index is 0.000000479. The maximum Gasteiger partial charge on any atom is 0.534 e. The van der Waals surface area contributed by atoms with Gasteiger partial charge in [0.2, 0.25) is 3.57 Å². The lowest BCUT2D eigenvalue weighted by atomic mass is 10.2. The monoisotopic (exact) mass is 592 g/mol. The number of hydrogen-bond acceptors (Lipinski definition) is 6. The van der Waals surface area contributed by atoms with Crippen LogP contribution in [0.4, 0.5) is 26.3 Å². The highest BCUT2D eigenvalue weighted by Crippen LogP contribution is 2.26. The molecule has 0 fully saturated rings. The molecular weight excluding hydrogens is 581 g/mol. The van der Waals surface area contributed by atoms with Gasteiger partial charge in [0.1, 0.15) is 0 Å². The molecule has 0 aromatic heterocycles. The van der Waals surface area contributed by atoms with E-state index in [9.17, 15) is 34.8 Å². The molecule has 0 aliphatic heterocycles. The molecular formula is C15H11F6IO6S2. The largest absolute Gasteiger partial charge is 0.741 e. The van der Waals surface area contributed by atoms with Crippen LogP contribution < -0.4 is 25.4 Å². The second-order valence-corrected chi connectivity index (χ2v) is 11.1. The van der Waals surface area contributed by atoms with Crippen molar-refractivity contribution in [3.05, 3.63) is 61.2 Å². The first-order chi connectivity index (χ1) is 13.4.